The van der Waals surface area contributed by atoms with Crippen LogP contribution in [-0.2, 0) is 26.2 Å². The van der Waals surface area contributed by atoms with E-state index in [0.29, 0.717) is 12.3 Å². The fourth-order valence-corrected chi connectivity index (χ4v) is 5.48. The normalized spacial score (nSPS) is 11.9. The van der Waals surface area contributed by atoms with E-state index < -0.39 is 28.5 Å². The first-order valence-corrected chi connectivity index (χ1v) is 14.4. The van der Waals surface area contributed by atoms with Crippen LogP contribution in [0, 0.1) is 13.8 Å². The van der Waals surface area contributed by atoms with Crippen LogP contribution in [0.5, 0.6) is 5.75 Å². The number of hydrogen-bond acceptors (Lipinski definition) is 5. The second kappa shape index (κ2) is 13.3. The summed E-state index contributed by atoms with van der Waals surface area (Å²) in [6.07, 6.45) is 0.751. The predicted molar refractivity (Wildman–Crippen MR) is 153 cm³/mol. The minimum atomic E-state index is -4.17. The van der Waals surface area contributed by atoms with E-state index in [-0.39, 0.29) is 23.0 Å². The summed E-state index contributed by atoms with van der Waals surface area (Å²) in [6, 6.07) is 19.9. The molecule has 208 valence electrons. The number of amides is 2. The molecule has 3 rings (SSSR count). The summed E-state index contributed by atoms with van der Waals surface area (Å²) in [5, 5.41) is 2.84. The Balaban J connectivity index is 2.05. The molecule has 2 amide bonds. The molecule has 0 saturated heterocycles. The summed E-state index contributed by atoms with van der Waals surface area (Å²) in [5.74, 6) is -0.515. The van der Waals surface area contributed by atoms with Crippen LogP contribution in [0.3, 0.4) is 0 Å². The first kappa shape index (κ1) is 29.7. The topological polar surface area (TPSA) is 96.0 Å². The number of anilines is 1. The number of para-hydroxylation sites is 2. The molecule has 1 unspecified atom stereocenters. The number of carbonyl (C=O) groups is 2. The highest BCUT2D eigenvalue weighted by atomic mass is 32.2. The molecule has 0 radical (unpaired) electrons. The van der Waals surface area contributed by atoms with Gasteiger partial charge in [0.1, 0.15) is 18.3 Å². The second-order valence-electron chi connectivity index (χ2n) is 9.47. The Morgan fingerprint density at radius 3 is 2.10 bits per heavy atom. The zero-order chi connectivity index (χ0) is 28.6. The highest BCUT2D eigenvalue weighted by Gasteiger charge is 2.33. The van der Waals surface area contributed by atoms with E-state index in [2.05, 4.69) is 5.32 Å². The summed E-state index contributed by atoms with van der Waals surface area (Å²) in [7, 11) is -2.72. The third-order valence-electron chi connectivity index (χ3n) is 6.43. The Morgan fingerprint density at radius 1 is 0.923 bits per heavy atom. The van der Waals surface area contributed by atoms with Gasteiger partial charge in [0, 0.05) is 13.1 Å². The largest absolute Gasteiger partial charge is 0.495 e. The van der Waals surface area contributed by atoms with Crippen LogP contribution in [-0.4, -0.2) is 51.4 Å². The minimum Gasteiger partial charge on any atom is -0.495 e. The van der Waals surface area contributed by atoms with Crippen molar-refractivity contribution in [3.05, 3.63) is 89.5 Å². The summed E-state index contributed by atoms with van der Waals surface area (Å²) >= 11 is 0. The van der Waals surface area contributed by atoms with Gasteiger partial charge < -0.3 is 15.0 Å². The number of rotatable bonds is 12. The van der Waals surface area contributed by atoms with Crippen LogP contribution < -0.4 is 14.4 Å². The second-order valence-corrected chi connectivity index (χ2v) is 11.3. The Bertz CT molecular complexity index is 1370. The quantitative estimate of drug-likeness (QED) is 0.359. The van der Waals surface area contributed by atoms with Crippen molar-refractivity contribution in [3.8, 4) is 5.75 Å². The molecular formula is C30H37N3O5S. The monoisotopic (exact) mass is 551 g/mol. The van der Waals surface area contributed by atoms with Gasteiger partial charge in [-0.15, -0.1) is 0 Å². The number of methoxy groups -OCH3 is 1. The third kappa shape index (κ3) is 7.38. The van der Waals surface area contributed by atoms with Crippen molar-refractivity contribution in [3.63, 3.8) is 0 Å². The van der Waals surface area contributed by atoms with Gasteiger partial charge in [-0.05, 0) is 57.0 Å². The lowest BCUT2D eigenvalue weighted by atomic mass is 10.1. The predicted octanol–water partition coefficient (Wildman–Crippen LogP) is 4.45. The van der Waals surface area contributed by atoms with Gasteiger partial charge in [0.15, 0.2) is 0 Å². The van der Waals surface area contributed by atoms with Gasteiger partial charge >= 0.3 is 0 Å². The van der Waals surface area contributed by atoms with Gasteiger partial charge in [0.05, 0.1) is 17.7 Å². The Labute approximate surface area is 231 Å². The van der Waals surface area contributed by atoms with E-state index in [1.165, 1.54) is 24.1 Å². The fraction of sp³-hybridized carbons (Fsp3) is 0.333. The zero-order valence-electron chi connectivity index (χ0n) is 23.2. The van der Waals surface area contributed by atoms with Crippen LogP contribution >= 0.6 is 0 Å². The first-order chi connectivity index (χ1) is 18.6. The molecule has 8 nitrogen and oxygen atoms in total. The molecule has 3 aromatic rings. The van der Waals surface area contributed by atoms with E-state index in [0.717, 1.165) is 27.4 Å². The van der Waals surface area contributed by atoms with Gasteiger partial charge in [-0.25, -0.2) is 8.42 Å². The van der Waals surface area contributed by atoms with Gasteiger partial charge in [0.2, 0.25) is 11.8 Å². The SMILES string of the molecule is CCCNC(=O)C(C)N(Cc1ccc(C)cc1)C(=O)CN(c1ccccc1OC)S(=O)(=O)c1ccc(C)cc1. The lowest BCUT2D eigenvalue weighted by Crippen LogP contribution is -2.51. The van der Waals surface area contributed by atoms with E-state index in [1.807, 2.05) is 45.0 Å². The zero-order valence-corrected chi connectivity index (χ0v) is 24.0. The Morgan fingerprint density at radius 2 is 1.51 bits per heavy atom. The molecule has 0 heterocycles. The summed E-state index contributed by atoms with van der Waals surface area (Å²) in [5.41, 5.74) is 3.03. The molecule has 1 N–H and O–H groups in total. The lowest BCUT2D eigenvalue weighted by molar-refractivity contribution is -0.139. The van der Waals surface area contributed by atoms with Crippen molar-refractivity contribution in [2.24, 2.45) is 0 Å². The van der Waals surface area contributed by atoms with Crippen LogP contribution in [0.1, 0.15) is 37.0 Å². The molecule has 0 aliphatic carbocycles. The molecule has 0 bridgehead atoms. The minimum absolute atomic E-state index is 0.0469. The molecule has 0 aliphatic rings. The maximum absolute atomic E-state index is 13.9. The average molecular weight is 552 g/mol. The average Bonchev–Trinajstić information content (AvgIpc) is 2.93. The molecule has 3 aromatic carbocycles. The van der Waals surface area contributed by atoms with E-state index in [1.54, 1.807) is 43.3 Å². The van der Waals surface area contributed by atoms with Gasteiger partial charge in [0.25, 0.3) is 10.0 Å². The number of sulfonamides is 1. The lowest BCUT2D eigenvalue weighted by Gasteiger charge is -2.32. The van der Waals surface area contributed by atoms with Gasteiger partial charge in [-0.2, -0.15) is 0 Å². The van der Waals surface area contributed by atoms with Crippen molar-refractivity contribution in [2.75, 3.05) is 24.5 Å². The number of carbonyl (C=O) groups excluding carboxylic acids is 2. The fourth-order valence-electron chi connectivity index (χ4n) is 4.06. The van der Waals surface area contributed by atoms with Crippen molar-refractivity contribution in [2.45, 2.75) is 51.6 Å². The van der Waals surface area contributed by atoms with Gasteiger partial charge in [-0.3, -0.25) is 13.9 Å². The number of nitrogens with zero attached hydrogens (tertiary/aromatic N) is 2. The molecule has 0 aliphatic heterocycles. The number of nitrogens with one attached hydrogen (secondary N) is 1. The highest BCUT2D eigenvalue weighted by molar-refractivity contribution is 7.92. The summed E-state index contributed by atoms with van der Waals surface area (Å²) < 4.78 is 34.4. The van der Waals surface area contributed by atoms with E-state index >= 15 is 0 Å². The molecule has 0 saturated carbocycles. The van der Waals surface area contributed by atoms with Crippen LogP contribution in [0.4, 0.5) is 5.69 Å². The van der Waals surface area contributed by atoms with Gasteiger partial charge in [-0.1, -0.05) is 66.6 Å². The molecule has 0 spiro atoms. The third-order valence-corrected chi connectivity index (χ3v) is 8.21. The van der Waals surface area contributed by atoms with Crippen molar-refractivity contribution >= 4 is 27.5 Å². The van der Waals surface area contributed by atoms with Crippen LogP contribution in [0.2, 0.25) is 0 Å². The summed E-state index contributed by atoms with van der Waals surface area (Å²) in [4.78, 5) is 28.4. The van der Waals surface area contributed by atoms with Crippen molar-refractivity contribution in [1.82, 2.24) is 10.2 Å². The molecule has 1 atom stereocenters. The molecular weight excluding hydrogens is 514 g/mol. The van der Waals surface area contributed by atoms with Crippen LogP contribution in [0.25, 0.3) is 0 Å². The molecule has 9 heteroatoms. The smallest absolute Gasteiger partial charge is 0.264 e. The molecule has 0 aromatic heterocycles. The number of hydrogen-bond donors (Lipinski definition) is 1. The Kier molecular flexibility index (Phi) is 10.1. The highest BCUT2D eigenvalue weighted by Crippen LogP contribution is 2.32. The number of ether oxygens (including phenoxy) is 1. The Hall–Kier alpha value is -3.85. The molecule has 0 fully saturated rings. The van der Waals surface area contributed by atoms with E-state index in [9.17, 15) is 18.0 Å². The van der Waals surface area contributed by atoms with E-state index in [4.69, 9.17) is 4.74 Å². The maximum atomic E-state index is 13.9. The first-order valence-electron chi connectivity index (χ1n) is 12.9. The molecule has 39 heavy (non-hydrogen) atoms. The summed E-state index contributed by atoms with van der Waals surface area (Å²) in [6.45, 7) is 7.53. The standard InChI is InChI=1S/C30H37N3O5S/c1-6-19-31-30(35)24(4)32(20-25-15-11-22(2)12-16-25)29(34)21-33(27-9-7-8-10-28(27)38-5)39(36,37)26-17-13-23(3)14-18-26/h7-18,24H,6,19-21H2,1-5H3,(H,31,35). The van der Waals surface area contributed by atoms with Crippen LogP contribution in [0.15, 0.2) is 77.7 Å². The number of aryl methyl sites for hydroxylation is 2. The van der Waals surface area contributed by atoms with Crippen molar-refractivity contribution < 1.29 is 22.7 Å². The van der Waals surface area contributed by atoms with Crippen molar-refractivity contribution in [1.29, 1.82) is 0 Å². The maximum Gasteiger partial charge on any atom is 0.264 e. The number of benzene rings is 3.